The number of rotatable bonds is 0. The van der Waals surface area contributed by atoms with E-state index in [1.165, 1.54) is 6.07 Å². The monoisotopic (exact) mass is 189 g/mol. The Kier molecular flexibility index (Phi) is 1.84. The highest BCUT2D eigenvalue weighted by Gasteiger charge is 2.02. The molecule has 4 heteroatoms. The van der Waals surface area contributed by atoms with Crippen molar-refractivity contribution in [3.63, 3.8) is 0 Å². The molecule has 0 aliphatic heterocycles. The molecule has 3 nitrogen and oxygen atoms in total. The number of fused-ring (bicyclic) bond motifs is 1. The van der Waals surface area contributed by atoms with Gasteiger partial charge in [-0.2, -0.15) is 5.26 Å². The van der Waals surface area contributed by atoms with Gasteiger partial charge in [-0.1, -0.05) is 11.6 Å². The van der Waals surface area contributed by atoms with Gasteiger partial charge >= 0.3 is 0 Å². The van der Waals surface area contributed by atoms with Gasteiger partial charge in [0.1, 0.15) is 11.8 Å². The zero-order valence-corrected chi connectivity index (χ0v) is 7.28. The van der Waals surface area contributed by atoms with E-state index in [1.807, 2.05) is 12.1 Å². The van der Waals surface area contributed by atoms with Crippen LogP contribution in [0.4, 0.5) is 0 Å². The van der Waals surface area contributed by atoms with Crippen molar-refractivity contribution in [1.82, 2.24) is 9.97 Å². The standard InChI is InChI=1S/C9H4ClN3/c10-8-4-6(5-11)13-9-7(8)2-1-3-12-9/h1-4H. The predicted octanol–water partition coefficient (Wildman–Crippen LogP) is 2.15. The second-order valence-corrected chi connectivity index (χ2v) is 2.88. The number of halogens is 1. The summed E-state index contributed by atoms with van der Waals surface area (Å²) >= 11 is 5.91. The van der Waals surface area contributed by atoms with E-state index in [4.69, 9.17) is 16.9 Å². The third kappa shape index (κ3) is 1.32. The van der Waals surface area contributed by atoms with Gasteiger partial charge in [-0.3, -0.25) is 0 Å². The smallest absolute Gasteiger partial charge is 0.162 e. The molecule has 0 amide bonds. The minimum absolute atomic E-state index is 0.288. The van der Waals surface area contributed by atoms with Crippen LogP contribution in [0.1, 0.15) is 5.69 Å². The first-order chi connectivity index (χ1) is 6.31. The van der Waals surface area contributed by atoms with Crippen LogP contribution in [0.25, 0.3) is 11.0 Å². The van der Waals surface area contributed by atoms with Gasteiger partial charge in [-0.05, 0) is 18.2 Å². The van der Waals surface area contributed by atoms with Gasteiger partial charge in [-0.25, -0.2) is 9.97 Å². The Morgan fingerprint density at radius 1 is 1.46 bits per heavy atom. The quantitative estimate of drug-likeness (QED) is 0.638. The van der Waals surface area contributed by atoms with Crippen LogP contribution in [-0.4, -0.2) is 9.97 Å². The Hall–Kier alpha value is -1.66. The van der Waals surface area contributed by atoms with Gasteiger partial charge in [0.05, 0.1) is 5.02 Å². The Labute approximate surface area is 79.6 Å². The summed E-state index contributed by atoms with van der Waals surface area (Å²) in [6.45, 7) is 0. The summed E-state index contributed by atoms with van der Waals surface area (Å²) in [7, 11) is 0. The first-order valence-electron chi connectivity index (χ1n) is 3.62. The summed E-state index contributed by atoms with van der Waals surface area (Å²) in [5.74, 6) is 0. The zero-order chi connectivity index (χ0) is 9.26. The predicted molar refractivity (Wildman–Crippen MR) is 49.3 cm³/mol. The molecule has 0 spiro atoms. The van der Waals surface area contributed by atoms with E-state index in [9.17, 15) is 0 Å². The van der Waals surface area contributed by atoms with Crippen molar-refractivity contribution in [2.24, 2.45) is 0 Å². The summed E-state index contributed by atoms with van der Waals surface area (Å²) in [5, 5.41) is 9.90. The zero-order valence-electron chi connectivity index (χ0n) is 6.53. The molecule has 2 aromatic heterocycles. The average Bonchev–Trinajstić information content (AvgIpc) is 2.18. The lowest BCUT2D eigenvalue weighted by molar-refractivity contribution is 1.25. The molecule has 2 heterocycles. The first-order valence-corrected chi connectivity index (χ1v) is 4.00. The SMILES string of the molecule is N#Cc1cc(Cl)c2cccnc2n1. The van der Waals surface area contributed by atoms with E-state index >= 15 is 0 Å². The van der Waals surface area contributed by atoms with E-state index in [0.717, 1.165) is 5.39 Å². The topological polar surface area (TPSA) is 49.6 Å². The highest BCUT2D eigenvalue weighted by Crippen LogP contribution is 2.20. The Balaban J connectivity index is 2.86. The molecule has 0 saturated carbocycles. The third-order valence-corrected chi connectivity index (χ3v) is 1.96. The van der Waals surface area contributed by atoms with Crippen molar-refractivity contribution in [3.05, 3.63) is 35.1 Å². The number of pyridine rings is 2. The molecule has 2 rings (SSSR count). The van der Waals surface area contributed by atoms with Crippen LogP contribution in [0, 0.1) is 11.3 Å². The van der Waals surface area contributed by atoms with E-state index in [2.05, 4.69) is 9.97 Å². The normalized spacial score (nSPS) is 9.85. The van der Waals surface area contributed by atoms with Crippen molar-refractivity contribution < 1.29 is 0 Å². The fraction of sp³-hybridized carbons (Fsp3) is 0. The molecule has 0 N–H and O–H groups in total. The molecule has 62 valence electrons. The van der Waals surface area contributed by atoms with Crippen LogP contribution in [0.5, 0.6) is 0 Å². The van der Waals surface area contributed by atoms with Crippen molar-refractivity contribution in [2.75, 3.05) is 0 Å². The van der Waals surface area contributed by atoms with Crippen molar-refractivity contribution in [3.8, 4) is 6.07 Å². The lowest BCUT2D eigenvalue weighted by Crippen LogP contribution is -1.87. The summed E-state index contributed by atoms with van der Waals surface area (Å²) in [5.41, 5.74) is 0.794. The Morgan fingerprint density at radius 3 is 3.08 bits per heavy atom. The van der Waals surface area contributed by atoms with E-state index < -0.39 is 0 Å². The average molecular weight is 190 g/mol. The first kappa shape index (κ1) is 7.96. The Morgan fingerprint density at radius 2 is 2.31 bits per heavy atom. The maximum atomic E-state index is 8.62. The van der Waals surface area contributed by atoms with Crippen LogP contribution >= 0.6 is 11.6 Å². The molecule has 0 saturated heterocycles. The van der Waals surface area contributed by atoms with E-state index in [1.54, 1.807) is 12.3 Å². The van der Waals surface area contributed by atoms with E-state index in [0.29, 0.717) is 10.7 Å². The van der Waals surface area contributed by atoms with Crippen LogP contribution in [0.2, 0.25) is 5.02 Å². The number of nitrogens with zero attached hydrogens (tertiary/aromatic N) is 3. The molecule has 0 fully saturated rings. The molecular formula is C9H4ClN3. The highest BCUT2D eigenvalue weighted by molar-refractivity contribution is 6.35. The van der Waals surface area contributed by atoms with Crippen LogP contribution in [-0.2, 0) is 0 Å². The fourth-order valence-electron chi connectivity index (χ4n) is 1.07. The van der Waals surface area contributed by atoms with Crippen molar-refractivity contribution >= 4 is 22.6 Å². The molecular weight excluding hydrogens is 186 g/mol. The molecule has 0 aromatic carbocycles. The summed E-state index contributed by atoms with van der Waals surface area (Å²) in [4.78, 5) is 8.00. The van der Waals surface area contributed by atoms with Gasteiger partial charge in [0.2, 0.25) is 0 Å². The second kappa shape index (κ2) is 3.00. The van der Waals surface area contributed by atoms with Gasteiger partial charge < -0.3 is 0 Å². The van der Waals surface area contributed by atoms with Gasteiger partial charge in [-0.15, -0.1) is 0 Å². The summed E-state index contributed by atoms with van der Waals surface area (Å²) < 4.78 is 0. The molecule has 0 radical (unpaired) electrons. The second-order valence-electron chi connectivity index (χ2n) is 2.48. The molecule has 2 aromatic rings. The number of hydrogen-bond donors (Lipinski definition) is 0. The molecule has 0 aliphatic carbocycles. The molecule has 13 heavy (non-hydrogen) atoms. The molecule has 0 unspecified atom stereocenters. The third-order valence-electron chi connectivity index (χ3n) is 1.65. The lowest BCUT2D eigenvalue weighted by Gasteiger charge is -1.97. The van der Waals surface area contributed by atoms with Crippen LogP contribution in [0.3, 0.4) is 0 Å². The van der Waals surface area contributed by atoms with E-state index in [-0.39, 0.29) is 5.69 Å². The molecule has 0 atom stereocenters. The number of hydrogen-bond acceptors (Lipinski definition) is 3. The van der Waals surface area contributed by atoms with Crippen LogP contribution < -0.4 is 0 Å². The Bertz CT molecular complexity index is 502. The minimum Gasteiger partial charge on any atom is -0.237 e. The lowest BCUT2D eigenvalue weighted by atomic mass is 10.2. The number of nitriles is 1. The van der Waals surface area contributed by atoms with Gasteiger partial charge in [0.25, 0.3) is 0 Å². The van der Waals surface area contributed by atoms with Crippen molar-refractivity contribution in [2.45, 2.75) is 0 Å². The maximum absolute atomic E-state index is 8.62. The number of aromatic nitrogens is 2. The van der Waals surface area contributed by atoms with Gasteiger partial charge in [0, 0.05) is 11.6 Å². The van der Waals surface area contributed by atoms with Crippen molar-refractivity contribution in [1.29, 1.82) is 5.26 Å². The largest absolute Gasteiger partial charge is 0.237 e. The summed E-state index contributed by atoms with van der Waals surface area (Å²) in [6.07, 6.45) is 1.62. The van der Waals surface area contributed by atoms with Gasteiger partial charge in [0.15, 0.2) is 5.65 Å². The molecule has 0 bridgehead atoms. The summed E-state index contributed by atoms with van der Waals surface area (Å²) in [6, 6.07) is 7.06. The highest BCUT2D eigenvalue weighted by atomic mass is 35.5. The van der Waals surface area contributed by atoms with Crippen LogP contribution in [0.15, 0.2) is 24.4 Å². The fourth-order valence-corrected chi connectivity index (χ4v) is 1.32. The molecule has 0 aliphatic rings. The minimum atomic E-state index is 0.288. The maximum Gasteiger partial charge on any atom is 0.162 e.